The molecule has 142 valence electrons. The molecule has 3 fully saturated rings. The number of fused-ring (bicyclic) bond motifs is 1. The first-order valence-electron chi connectivity index (χ1n) is 10.5. The lowest BCUT2D eigenvalue weighted by molar-refractivity contribution is -0.127. The van der Waals surface area contributed by atoms with Crippen LogP contribution in [0.4, 0.5) is 0 Å². The van der Waals surface area contributed by atoms with Crippen LogP contribution in [0.1, 0.15) is 61.6 Å². The molecule has 2 aliphatic heterocycles. The van der Waals surface area contributed by atoms with Crippen molar-refractivity contribution in [2.24, 2.45) is 0 Å². The second-order valence-corrected chi connectivity index (χ2v) is 8.43. The van der Waals surface area contributed by atoms with E-state index in [1.165, 1.54) is 29.5 Å². The van der Waals surface area contributed by atoms with Crippen molar-refractivity contribution < 1.29 is 4.79 Å². The number of pyridine rings is 2. The average molecular weight is 364 g/mol. The van der Waals surface area contributed by atoms with Crippen LogP contribution in [0, 0.1) is 0 Å². The van der Waals surface area contributed by atoms with E-state index >= 15 is 0 Å². The summed E-state index contributed by atoms with van der Waals surface area (Å²) in [4.78, 5) is 25.8. The minimum Gasteiger partial charge on any atom is -0.341 e. The quantitative estimate of drug-likeness (QED) is 0.817. The van der Waals surface area contributed by atoms with E-state index in [0.717, 1.165) is 70.0 Å². The molecule has 2 aromatic rings. The van der Waals surface area contributed by atoms with Gasteiger partial charge in [-0.05, 0) is 74.9 Å². The van der Waals surface area contributed by atoms with Crippen LogP contribution in [0.5, 0.6) is 0 Å². The molecular weight excluding hydrogens is 336 g/mol. The second-order valence-electron chi connectivity index (χ2n) is 8.43. The highest BCUT2D eigenvalue weighted by molar-refractivity contribution is 5.78. The van der Waals surface area contributed by atoms with Crippen molar-refractivity contribution in [3.8, 4) is 0 Å². The molecule has 0 radical (unpaired) electrons. The molecule has 0 unspecified atom stereocenters. The maximum Gasteiger partial charge on any atom is 0.222 e. The highest BCUT2D eigenvalue weighted by Crippen LogP contribution is 2.40. The van der Waals surface area contributed by atoms with Gasteiger partial charge in [-0.1, -0.05) is 0 Å². The SMILES string of the molecule is O=C1CCCN1CCN1CCC(c2ccc3cc(C4CC4)cnc3n2)CC1. The summed E-state index contributed by atoms with van der Waals surface area (Å²) in [5.41, 5.74) is 3.47. The first-order chi connectivity index (χ1) is 13.3. The predicted octanol–water partition coefficient (Wildman–Crippen LogP) is 3.31. The molecule has 2 aromatic heterocycles. The third-order valence-electron chi connectivity index (χ3n) is 6.50. The highest BCUT2D eigenvalue weighted by atomic mass is 16.2. The molecule has 3 aliphatic rings. The molecule has 4 heterocycles. The summed E-state index contributed by atoms with van der Waals surface area (Å²) in [5, 5.41) is 1.18. The van der Waals surface area contributed by atoms with Gasteiger partial charge in [0.2, 0.25) is 5.91 Å². The van der Waals surface area contributed by atoms with Crippen molar-refractivity contribution in [1.29, 1.82) is 0 Å². The topological polar surface area (TPSA) is 49.3 Å². The number of rotatable bonds is 5. The van der Waals surface area contributed by atoms with Crippen molar-refractivity contribution in [2.45, 2.75) is 50.4 Å². The normalized spacial score (nSPS) is 22.1. The summed E-state index contributed by atoms with van der Waals surface area (Å²) in [6.45, 7) is 5.05. The molecule has 1 amide bonds. The number of amides is 1. The van der Waals surface area contributed by atoms with E-state index in [9.17, 15) is 4.79 Å². The zero-order chi connectivity index (χ0) is 18.2. The number of carbonyl (C=O) groups is 1. The first kappa shape index (κ1) is 17.1. The van der Waals surface area contributed by atoms with E-state index in [0.29, 0.717) is 11.8 Å². The fraction of sp³-hybridized carbons (Fsp3) is 0.591. The van der Waals surface area contributed by atoms with Crippen LogP contribution < -0.4 is 0 Å². The number of carbonyl (C=O) groups excluding carboxylic acids is 1. The fourth-order valence-electron chi connectivity index (χ4n) is 4.56. The molecule has 5 rings (SSSR count). The van der Waals surface area contributed by atoms with E-state index in [1.54, 1.807) is 0 Å². The Bertz CT molecular complexity index is 839. The van der Waals surface area contributed by atoms with Crippen LogP contribution in [-0.4, -0.2) is 58.4 Å². The van der Waals surface area contributed by atoms with E-state index in [2.05, 4.69) is 28.1 Å². The van der Waals surface area contributed by atoms with E-state index in [-0.39, 0.29) is 0 Å². The van der Waals surface area contributed by atoms with Gasteiger partial charge in [0.1, 0.15) is 0 Å². The average Bonchev–Trinajstić information content (AvgIpc) is 3.48. The molecule has 1 aliphatic carbocycles. The summed E-state index contributed by atoms with van der Waals surface area (Å²) >= 11 is 0. The molecule has 0 atom stereocenters. The van der Waals surface area contributed by atoms with Crippen LogP contribution >= 0.6 is 0 Å². The van der Waals surface area contributed by atoms with Crippen LogP contribution in [-0.2, 0) is 4.79 Å². The van der Waals surface area contributed by atoms with Crippen molar-refractivity contribution >= 4 is 16.9 Å². The van der Waals surface area contributed by atoms with Crippen molar-refractivity contribution in [3.63, 3.8) is 0 Å². The number of piperidine rings is 1. The van der Waals surface area contributed by atoms with Gasteiger partial charge in [-0.2, -0.15) is 0 Å². The summed E-state index contributed by atoms with van der Waals surface area (Å²) in [6.07, 6.45) is 8.71. The van der Waals surface area contributed by atoms with Crippen LogP contribution in [0.15, 0.2) is 24.4 Å². The molecule has 5 nitrogen and oxygen atoms in total. The number of nitrogens with zero attached hydrogens (tertiary/aromatic N) is 4. The Hall–Kier alpha value is -2.01. The van der Waals surface area contributed by atoms with E-state index in [4.69, 9.17) is 4.98 Å². The summed E-state index contributed by atoms with van der Waals surface area (Å²) < 4.78 is 0. The number of hydrogen-bond donors (Lipinski definition) is 0. The van der Waals surface area contributed by atoms with Gasteiger partial charge >= 0.3 is 0 Å². The molecule has 0 N–H and O–H groups in total. The minimum absolute atomic E-state index is 0.336. The van der Waals surface area contributed by atoms with Crippen molar-refractivity contribution in [2.75, 3.05) is 32.7 Å². The Balaban J connectivity index is 1.19. The highest BCUT2D eigenvalue weighted by Gasteiger charge is 2.26. The lowest BCUT2D eigenvalue weighted by Gasteiger charge is -2.32. The Morgan fingerprint density at radius 1 is 1.00 bits per heavy atom. The molecular formula is C22H28N4O. The van der Waals surface area contributed by atoms with Crippen molar-refractivity contribution in [1.82, 2.24) is 19.8 Å². The van der Waals surface area contributed by atoms with Crippen molar-refractivity contribution in [3.05, 3.63) is 35.7 Å². The zero-order valence-electron chi connectivity index (χ0n) is 15.9. The van der Waals surface area contributed by atoms with Gasteiger partial charge in [-0.25, -0.2) is 9.97 Å². The third-order valence-corrected chi connectivity index (χ3v) is 6.50. The Morgan fingerprint density at radius 2 is 1.85 bits per heavy atom. The Labute approximate surface area is 160 Å². The summed E-state index contributed by atoms with van der Waals surface area (Å²) in [7, 11) is 0. The van der Waals surface area contributed by atoms with E-state index in [1.807, 2.05) is 11.1 Å². The maximum absolute atomic E-state index is 11.7. The summed E-state index contributed by atoms with van der Waals surface area (Å²) in [5.74, 6) is 1.60. The third kappa shape index (κ3) is 3.70. The first-order valence-corrected chi connectivity index (χ1v) is 10.5. The van der Waals surface area contributed by atoms with Gasteiger partial charge in [0.25, 0.3) is 0 Å². The molecule has 0 aromatic carbocycles. The predicted molar refractivity (Wildman–Crippen MR) is 106 cm³/mol. The largest absolute Gasteiger partial charge is 0.341 e. The van der Waals surface area contributed by atoms with Crippen LogP contribution in [0.2, 0.25) is 0 Å². The van der Waals surface area contributed by atoms with Gasteiger partial charge < -0.3 is 9.80 Å². The number of likely N-dealkylation sites (tertiary alicyclic amines) is 2. The van der Waals surface area contributed by atoms with Crippen LogP contribution in [0.25, 0.3) is 11.0 Å². The molecule has 2 saturated heterocycles. The lowest BCUT2D eigenvalue weighted by atomic mass is 9.93. The summed E-state index contributed by atoms with van der Waals surface area (Å²) in [6, 6.07) is 6.70. The molecule has 0 spiro atoms. The molecule has 27 heavy (non-hydrogen) atoms. The standard InChI is InChI=1S/C22H28N4O/c27-21-2-1-9-26(21)13-12-25-10-7-17(8-11-25)20-6-5-18-14-19(16-3-4-16)15-23-22(18)24-20/h5-6,14-17H,1-4,7-13H2. The molecule has 1 saturated carbocycles. The zero-order valence-corrected chi connectivity index (χ0v) is 15.9. The van der Waals surface area contributed by atoms with Gasteiger partial charge in [0, 0.05) is 49.2 Å². The van der Waals surface area contributed by atoms with E-state index < -0.39 is 0 Å². The number of hydrogen-bond acceptors (Lipinski definition) is 4. The van der Waals surface area contributed by atoms with Gasteiger partial charge in [0.15, 0.2) is 5.65 Å². The maximum atomic E-state index is 11.7. The Kier molecular flexibility index (Phi) is 4.56. The molecule has 5 heteroatoms. The van der Waals surface area contributed by atoms with Gasteiger partial charge in [-0.3, -0.25) is 4.79 Å². The lowest BCUT2D eigenvalue weighted by Crippen LogP contribution is -2.39. The number of aromatic nitrogens is 2. The smallest absolute Gasteiger partial charge is 0.222 e. The van der Waals surface area contributed by atoms with Gasteiger partial charge in [0.05, 0.1) is 0 Å². The molecule has 0 bridgehead atoms. The minimum atomic E-state index is 0.336. The van der Waals surface area contributed by atoms with Gasteiger partial charge in [-0.15, -0.1) is 0 Å². The monoisotopic (exact) mass is 364 g/mol. The second kappa shape index (κ2) is 7.19. The Morgan fingerprint density at radius 3 is 2.59 bits per heavy atom. The fourth-order valence-corrected chi connectivity index (χ4v) is 4.56. The van der Waals surface area contributed by atoms with Crippen LogP contribution in [0.3, 0.4) is 0 Å².